The largest absolute Gasteiger partial charge is 0.481 e. The van der Waals surface area contributed by atoms with Gasteiger partial charge in [0.2, 0.25) is 0 Å². The van der Waals surface area contributed by atoms with E-state index in [9.17, 15) is 9.59 Å². The van der Waals surface area contributed by atoms with E-state index in [0.717, 1.165) is 29.4 Å². The number of amides is 2. The Kier molecular flexibility index (Phi) is 3.89. The first-order valence-electron chi connectivity index (χ1n) is 7.14. The van der Waals surface area contributed by atoms with Gasteiger partial charge in [-0.05, 0) is 64.9 Å². The number of anilines is 1. The number of halogens is 1. The van der Waals surface area contributed by atoms with Crippen LogP contribution >= 0.6 is 15.9 Å². The van der Waals surface area contributed by atoms with Gasteiger partial charge < -0.3 is 15.3 Å². The molecule has 1 unspecified atom stereocenters. The molecular weight excluding hydrogens is 336 g/mol. The molecule has 0 spiro atoms. The Hall–Kier alpha value is -1.56. The maximum absolute atomic E-state index is 12.2. The van der Waals surface area contributed by atoms with Crippen LogP contribution in [0.4, 0.5) is 10.5 Å². The molecule has 0 aromatic heterocycles. The summed E-state index contributed by atoms with van der Waals surface area (Å²) in [5.41, 5.74) is 3.39. The molecule has 1 heterocycles. The molecule has 2 amide bonds. The number of likely N-dealkylation sites (tertiary alicyclic amines) is 1. The lowest BCUT2D eigenvalue weighted by atomic mass is 10.1. The summed E-state index contributed by atoms with van der Waals surface area (Å²) in [4.78, 5) is 24.7. The van der Waals surface area contributed by atoms with Gasteiger partial charge in [-0.15, -0.1) is 0 Å². The minimum atomic E-state index is -0.830. The standard InChI is InChI=1S/C15H17BrN2O3/c16-12-6-9-2-1-3-10(9)7-13(12)17-15(21)18-5-4-11(8-18)14(19)20/h6-7,11H,1-5,8H2,(H,17,21)(H,19,20). The lowest BCUT2D eigenvalue weighted by Gasteiger charge is -2.18. The Morgan fingerprint density at radius 1 is 1.29 bits per heavy atom. The smallest absolute Gasteiger partial charge is 0.321 e. The number of carboxylic acids is 1. The molecule has 1 aromatic carbocycles. The van der Waals surface area contributed by atoms with Crippen LogP contribution in [0.2, 0.25) is 0 Å². The first kappa shape index (κ1) is 14.4. The van der Waals surface area contributed by atoms with Crippen LogP contribution in [-0.4, -0.2) is 35.1 Å². The Morgan fingerprint density at radius 2 is 2.00 bits per heavy atom. The van der Waals surface area contributed by atoms with E-state index in [-0.39, 0.29) is 12.6 Å². The maximum Gasteiger partial charge on any atom is 0.321 e. The van der Waals surface area contributed by atoms with Crippen LogP contribution in [0.3, 0.4) is 0 Å². The predicted molar refractivity (Wildman–Crippen MR) is 82.5 cm³/mol. The van der Waals surface area contributed by atoms with E-state index in [2.05, 4.69) is 27.3 Å². The molecule has 0 bridgehead atoms. The number of carbonyl (C=O) groups excluding carboxylic acids is 1. The minimum absolute atomic E-state index is 0.225. The van der Waals surface area contributed by atoms with Gasteiger partial charge in [0.1, 0.15) is 0 Å². The number of aliphatic carboxylic acids is 1. The molecule has 6 heteroatoms. The average molecular weight is 353 g/mol. The van der Waals surface area contributed by atoms with Crippen molar-refractivity contribution < 1.29 is 14.7 Å². The van der Waals surface area contributed by atoms with Gasteiger partial charge in [0.25, 0.3) is 0 Å². The molecule has 2 N–H and O–H groups in total. The summed E-state index contributed by atoms with van der Waals surface area (Å²) >= 11 is 3.49. The number of aryl methyl sites for hydroxylation is 2. The second-order valence-electron chi connectivity index (χ2n) is 5.65. The zero-order valence-electron chi connectivity index (χ0n) is 11.6. The van der Waals surface area contributed by atoms with Crippen molar-refractivity contribution in [3.8, 4) is 0 Å². The Bertz CT molecular complexity index is 603. The van der Waals surface area contributed by atoms with Crippen LogP contribution < -0.4 is 5.32 Å². The molecule has 1 aliphatic heterocycles. The molecule has 0 radical (unpaired) electrons. The molecule has 1 atom stereocenters. The first-order valence-corrected chi connectivity index (χ1v) is 7.94. The van der Waals surface area contributed by atoms with Crippen molar-refractivity contribution in [2.45, 2.75) is 25.7 Å². The average Bonchev–Trinajstić information content (AvgIpc) is 3.07. The third-order valence-corrected chi connectivity index (χ3v) is 4.90. The number of benzene rings is 1. The lowest BCUT2D eigenvalue weighted by molar-refractivity contribution is -0.141. The monoisotopic (exact) mass is 352 g/mol. The van der Waals surface area contributed by atoms with Gasteiger partial charge in [0, 0.05) is 17.6 Å². The number of nitrogens with one attached hydrogen (secondary N) is 1. The van der Waals surface area contributed by atoms with Crippen molar-refractivity contribution in [3.05, 3.63) is 27.7 Å². The Balaban J connectivity index is 1.70. The van der Waals surface area contributed by atoms with Gasteiger partial charge in [-0.3, -0.25) is 4.79 Å². The highest BCUT2D eigenvalue weighted by atomic mass is 79.9. The third-order valence-electron chi connectivity index (χ3n) is 4.25. The maximum atomic E-state index is 12.2. The van der Waals surface area contributed by atoms with E-state index >= 15 is 0 Å². The van der Waals surface area contributed by atoms with Crippen LogP contribution in [0.5, 0.6) is 0 Å². The van der Waals surface area contributed by atoms with Crippen LogP contribution in [0.1, 0.15) is 24.0 Å². The number of rotatable bonds is 2. The number of urea groups is 1. The van der Waals surface area contributed by atoms with Crippen LogP contribution in [0, 0.1) is 5.92 Å². The van der Waals surface area contributed by atoms with E-state index in [4.69, 9.17) is 5.11 Å². The topological polar surface area (TPSA) is 69.6 Å². The second-order valence-corrected chi connectivity index (χ2v) is 6.51. The van der Waals surface area contributed by atoms with Gasteiger partial charge in [0.15, 0.2) is 0 Å². The van der Waals surface area contributed by atoms with Crippen LogP contribution in [0.15, 0.2) is 16.6 Å². The molecule has 112 valence electrons. The molecule has 1 saturated heterocycles. The lowest BCUT2D eigenvalue weighted by Crippen LogP contribution is -2.33. The summed E-state index contributed by atoms with van der Waals surface area (Å²) in [6, 6.07) is 3.87. The van der Waals surface area contributed by atoms with Crippen molar-refractivity contribution in [1.29, 1.82) is 0 Å². The normalized spacial score (nSPS) is 20.4. The van der Waals surface area contributed by atoms with Gasteiger partial charge in [0.05, 0.1) is 11.6 Å². The van der Waals surface area contributed by atoms with Crippen molar-refractivity contribution in [1.82, 2.24) is 4.90 Å². The zero-order valence-corrected chi connectivity index (χ0v) is 13.1. The summed E-state index contributed by atoms with van der Waals surface area (Å²) in [6.07, 6.45) is 3.82. The fraction of sp³-hybridized carbons (Fsp3) is 0.467. The number of carboxylic acid groups (broad SMARTS) is 1. The number of carbonyl (C=O) groups is 2. The first-order chi connectivity index (χ1) is 10.0. The quantitative estimate of drug-likeness (QED) is 0.859. The van der Waals surface area contributed by atoms with E-state index < -0.39 is 11.9 Å². The van der Waals surface area contributed by atoms with Crippen molar-refractivity contribution in [2.75, 3.05) is 18.4 Å². The van der Waals surface area contributed by atoms with Gasteiger partial charge in [-0.2, -0.15) is 0 Å². The van der Waals surface area contributed by atoms with Crippen LogP contribution in [-0.2, 0) is 17.6 Å². The molecule has 1 aromatic rings. The SMILES string of the molecule is O=C(O)C1CCN(C(=O)Nc2cc3c(cc2Br)CCC3)C1. The summed E-state index contributed by atoms with van der Waals surface area (Å²) in [5, 5.41) is 11.9. The highest BCUT2D eigenvalue weighted by Crippen LogP contribution is 2.32. The third kappa shape index (κ3) is 2.90. The van der Waals surface area contributed by atoms with E-state index in [1.54, 1.807) is 4.90 Å². The summed E-state index contributed by atoms with van der Waals surface area (Å²) < 4.78 is 0.880. The molecule has 0 saturated carbocycles. The summed E-state index contributed by atoms with van der Waals surface area (Å²) in [7, 11) is 0. The molecule has 5 nitrogen and oxygen atoms in total. The number of hydrogen-bond donors (Lipinski definition) is 2. The molecule has 1 aliphatic carbocycles. The van der Waals surface area contributed by atoms with Crippen LogP contribution in [0.25, 0.3) is 0 Å². The van der Waals surface area contributed by atoms with Crippen molar-refractivity contribution in [2.24, 2.45) is 5.92 Å². The van der Waals surface area contributed by atoms with Gasteiger partial charge in [-0.1, -0.05) is 0 Å². The van der Waals surface area contributed by atoms with Crippen molar-refractivity contribution >= 4 is 33.6 Å². The predicted octanol–water partition coefficient (Wildman–Crippen LogP) is 2.88. The Labute approximate surface area is 131 Å². The van der Waals surface area contributed by atoms with E-state index in [1.807, 2.05) is 6.07 Å². The highest BCUT2D eigenvalue weighted by molar-refractivity contribution is 9.10. The number of hydrogen-bond acceptors (Lipinski definition) is 2. The molecular formula is C15H17BrN2O3. The fourth-order valence-electron chi connectivity index (χ4n) is 3.03. The summed E-state index contributed by atoms with van der Waals surface area (Å²) in [5.74, 6) is -1.27. The highest BCUT2D eigenvalue weighted by Gasteiger charge is 2.31. The number of nitrogens with zero attached hydrogens (tertiary/aromatic N) is 1. The van der Waals surface area contributed by atoms with E-state index in [0.29, 0.717) is 13.0 Å². The Morgan fingerprint density at radius 3 is 2.67 bits per heavy atom. The van der Waals surface area contributed by atoms with Crippen molar-refractivity contribution in [3.63, 3.8) is 0 Å². The molecule has 21 heavy (non-hydrogen) atoms. The minimum Gasteiger partial charge on any atom is -0.481 e. The summed E-state index contributed by atoms with van der Waals surface area (Å²) in [6.45, 7) is 0.773. The zero-order chi connectivity index (χ0) is 15.0. The fourth-order valence-corrected chi connectivity index (χ4v) is 3.52. The molecule has 2 aliphatic rings. The van der Waals surface area contributed by atoms with Gasteiger partial charge in [-0.25, -0.2) is 4.79 Å². The van der Waals surface area contributed by atoms with Gasteiger partial charge >= 0.3 is 12.0 Å². The number of fused-ring (bicyclic) bond motifs is 1. The second kappa shape index (κ2) is 5.67. The molecule has 1 fully saturated rings. The van der Waals surface area contributed by atoms with E-state index in [1.165, 1.54) is 11.1 Å². The molecule has 3 rings (SSSR count).